The van der Waals surface area contributed by atoms with Crippen LogP contribution in [0.1, 0.15) is 60.2 Å². The maximum Gasteiger partial charge on any atom is 0.270 e. The number of halogens is 4. The average Bonchev–Trinajstić information content (AvgIpc) is 2.87. The summed E-state index contributed by atoms with van der Waals surface area (Å²) in [7, 11) is -3.59. The molecule has 3 N–H and O–H groups in total. The highest BCUT2D eigenvalue weighted by Gasteiger charge is 2.32. The smallest absolute Gasteiger partial charge is 0.270 e. The Hall–Kier alpha value is -2.31. The lowest BCUT2D eigenvalue weighted by Crippen LogP contribution is -2.47. The van der Waals surface area contributed by atoms with Crippen LogP contribution in [0.2, 0.25) is 10.0 Å². The van der Waals surface area contributed by atoms with Gasteiger partial charge in [0.25, 0.3) is 11.8 Å². The molecule has 0 bridgehead atoms. The predicted molar refractivity (Wildman–Crippen MR) is 150 cm³/mol. The van der Waals surface area contributed by atoms with Crippen molar-refractivity contribution in [3.05, 3.63) is 62.6 Å². The predicted octanol–water partition coefficient (Wildman–Crippen LogP) is 4.29. The van der Waals surface area contributed by atoms with Gasteiger partial charge in [-0.05, 0) is 60.8 Å². The van der Waals surface area contributed by atoms with Crippen LogP contribution in [0.4, 0.5) is 8.78 Å². The molecule has 0 saturated carbocycles. The van der Waals surface area contributed by atoms with Crippen molar-refractivity contribution >= 4 is 44.9 Å². The van der Waals surface area contributed by atoms with E-state index in [2.05, 4.69) is 10.6 Å². The number of carbonyl (C=O) groups excluding carboxylic acids is 2. The monoisotopic (exact) mass is 619 g/mol. The van der Waals surface area contributed by atoms with Gasteiger partial charge in [0.05, 0.1) is 17.3 Å². The summed E-state index contributed by atoms with van der Waals surface area (Å²) in [5.74, 6) is -4.44. The molecule has 0 radical (unpaired) electrons. The van der Waals surface area contributed by atoms with Crippen LogP contribution in [-0.4, -0.2) is 61.7 Å². The molecule has 2 amide bonds. The third-order valence-electron chi connectivity index (χ3n) is 6.70. The van der Waals surface area contributed by atoms with Gasteiger partial charge in [0, 0.05) is 60.2 Å². The number of alkyl halides is 2. The molecule has 8 nitrogen and oxygen atoms in total. The first-order valence-corrected chi connectivity index (χ1v) is 15.3. The summed E-state index contributed by atoms with van der Waals surface area (Å²) in [6.45, 7) is 2.90. The Morgan fingerprint density at radius 2 is 1.93 bits per heavy atom. The Morgan fingerprint density at radius 3 is 2.58 bits per heavy atom. The maximum atomic E-state index is 14.8. The van der Waals surface area contributed by atoms with Gasteiger partial charge in [-0.15, -0.1) is 0 Å². The molecule has 1 heterocycles. The Kier molecular flexibility index (Phi) is 10.9. The number of benzene rings is 2. The van der Waals surface area contributed by atoms with Crippen LogP contribution in [0.3, 0.4) is 0 Å². The van der Waals surface area contributed by atoms with E-state index in [-0.39, 0.29) is 75.5 Å². The fourth-order valence-electron chi connectivity index (χ4n) is 4.68. The van der Waals surface area contributed by atoms with Gasteiger partial charge in [-0.3, -0.25) is 14.5 Å². The summed E-state index contributed by atoms with van der Waals surface area (Å²) < 4.78 is 54.5. The molecule has 1 saturated heterocycles. The highest BCUT2D eigenvalue weighted by molar-refractivity contribution is 7.91. The Labute approximate surface area is 242 Å². The molecule has 1 fully saturated rings. The molecule has 0 aliphatic carbocycles. The van der Waals surface area contributed by atoms with Gasteiger partial charge in [-0.2, -0.15) is 0 Å². The quantitative estimate of drug-likeness (QED) is 0.345. The van der Waals surface area contributed by atoms with E-state index in [1.807, 2.05) is 4.90 Å². The fourth-order valence-corrected chi connectivity index (χ4v) is 6.28. The van der Waals surface area contributed by atoms with E-state index in [9.17, 15) is 26.8 Å². The summed E-state index contributed by atoms with van der Waals surface area (Å²) >= 11 is 12.5. The van der Waals surface area contributed by atoms with E-state index < -0.39 is 27.2 Å². The number of aliphatic hydroxyl groups excluding tert-OH is 1. The van der Waals surface area contributed by atoms with Gasteiger partial charge in [0.1, 0.15) is 0 Å². The molecule has 2 aromatic rings. The van der Waals surface area contributed by atoms with Crippen molar-refractivity contribution < 1.29 is 31.9 Å². The zero-order valence-corrected chi connectivity index (χ0v) is 24.6. The number of carbonyl (C=O) groups is 2. The number of piperidine rings is 1. The standard InChI is InChI=1S/C27H33Cl2F2N3O5S/c1-3-40(38,39)24-7-6-19(28)11-18(24)14-32-26(37)17-12-22(27(2,30)31)21(23(29)13-17)16-34-9-4-5-20(15-34)33-25(36)8-10-35/h6-7,11-13,20,35H,3-5,8-10,14-16H2,1-2H3,(H,32,37)(H,33,36)/t20-/m0/s1. The highest BCUT2D eigenvalue weighted by atomic mass is 35.5. The minimum atomic E-state index is -3.59. The van der Waals surface area contributed by atoms with E-state index in [0.717, 1.165) is 25.8 Å². The largest absolute Gasteiger partial charge is 0.396 e. The van der Waals surface area contributed by atoms with Crippen molar-refractivity contribution in [1.82, 2.24) is 15.5 Å². The number of sulfone groups is 1. The molecule has 3 rings (SSSR count). The Bertz CT molecular complexity index is 1350. The summed E-state index contributed by atoms with van der Waals surface area (Å²) in [6.07, 6.45) is 1.45. The second-order valence-corrected chi connectivity index (χ2v) is 12.9. The van der Waals surface area contributed by atoms with Crippen LogP contribution in [0.15, 0.2) is 35.2 Å². The van der Waals surface area contributed by atoms with E-state index in [1.165, 1.54) is 31.2 Å². The second kappa shape index (κ2) is 13.6. The van der Waals surface area contributed by atoms with Gasteiger partial charge in [0.2, 0.25) is 5.91 Å². The number of hydrogen-bond donors (Lipinski definition) is 3. The van der Waals surface area contributed by atoms with Crippen molar-refractivity contribution in [1.29, 1.82) is 0 Å². The van der Waals surface area contributed by atoms with Crippen molar-refractivity contribution in [3.8, 4) is 0 Å². The second-order valence-electron chi connectivity index (χ2n) is 9.83. The first kappa shape index (κ1) is 32.2. The van der Waals surface area contributed by atoms with Crippen LogP contribution >= 0.6 is 23.2 Å². The van der Waals surface area contributed by atoms with Gasteiger partial charge in [-0.25, -0.2) is 17.2 Å². The molecule has 0 aromatic heterocycles. The Morgan fingerprint density at radius 1 is 1.20 bits per heavy atom. The van der Waals surface area contributed by atoms with E-state index >= 15 is 0 Å². The topological polar surface area (TPSA) is 116 Å². The molecule has 220 valence electrons. The number of aliphatic hydroxyl groups is 1. The zero-order valence-electron chi connectivity index (χ0n) is 22.3. The van der Waals surface area contributed by atoms with Gasteiger partial charge in [0.15, 0.2) is 9.84 Å². The normalized spacial score (nSPS) is 16.5. The van der Waals surface area contributed by atoms with Crippen molar-refractivity contribution in [3.63, 3.8) is 0 Å². The lowest BCUT2D eigenvalue weighted by atomic mass is 9.97. The third-order valence-corrected chi connectivity index (χ3v) is 9.10. The van der Waals surface area contributed by atoms with E-state index in [0.29, 0.717) is 13.1 Å². The molecule has 2 aromatic carbocycles. The number of rotatable bonds is 11. The summed E-state index contributed by atoms with van der Waals surface area (Å²) in [5.41, 5.74) is -0.0370. The van der Waals surface area contributed by atoms with Crippen LogP contribution < -0.4 is 10.6 Å². The highest BCUT2D eigenvalue weighted by Crippen LogP contribution is 2.36. The van der Waals surface area contributed by atoms with Gasteiger partial charge in [-0.1, -0.05) is 30.1 Å². The molecule has 0 unspecified atom stereocenters. The van der Waals surface area contributed by atoms with Crippen molar-refractivity contribution in [2.45, 2.75) is 63.1 Å². The molecule has 1 aliphatic heterocycles. The zero-order chi connectivity index (χ0) is 29.7. The number of amides is 2. The van der Waals surface area contributed by atoms with Crippen LogP contribution in [0.25, 0.3) is 0 Å². The van der Waals surface area contributed by atoms with E-state index in [1.54, 1.807) is 0 Å². The molecule has 40 heavy (non-hydrogen) atoms. The summed E-state index contributed by atoms with van der Waals surface area (Å²) in [6, 6.07) is 6.47. The van der Waals surface area contributed by atoms with Crippen LogP contribution in [0.5, 0.6) is 0 Å². The first-order valence-electron chi connectivity index (χ1n) is 12.9. The van der Waals surface area contributed by atoms with Gasteiger partial charge < -0.3 is 15.7 Å². The minimum absolute atomic E-state index is 0.00683. The fraction of sp³-hybridized carbons (Fsp3) is 0.481. The number of likely N-dealkylation sites (tertiary alicyclic amines) is 1. The van der Waals surface area contributed by atoms with Crippen molar-refractivity contribution in [2.75, 3.05) is 25.4 Å². The lowest BCUT2D eigenvalue weighted by molar-refractivity contribution is -0.122. The molecule has 1 aliphatic rings. The number of nitrogens with zero attached hydrogens (tertiary/aromatic N) is 1. The minimum Gasteiger partial charge on any atom is -0.396 e. The third kappa shape index (κ3) is 8.36. The summed E-state index contributed by atoms with van der Waals surface area (Å²) in [4.78, 5) is 26.8. The maximum absolute atomic E-state index is 14.8. The Balaban J connectivity index is 1.82. The lowest BCUT2D eigenvalue weighted by Gasteiger charge is -2.34. The molecular weight excluding hydrogens is 587 g/mol. The molecule has 13 heteroatoms. The molecular formula is C27H33Cl2F2N3O5S. The van der Waals surface area contributed by atoms with Crippen LogP contribution in [-0.2, 0) is 33.6 Å². The van der Waals surface area contributed by atoms with Crippen LogP contribution in [0, 0.1) is 0 Å². The average molecular weight is 621 g/mol. The van der Waals surface area contributed by atoms with Gasteiger partial charge >= 0.3 is 0 Å². The SMILES string of the molecule is CCS(=O)(=O)c1ccc(Cl)cc1CNC(=O)c1cc(Cl)c(CN2CCC[C@H](NC(=O)CCO)C2)c(C(C)(F)F)c1. The molecule has 0 spiro atoms. The number of hydrogen-bond acceptors (Lipinski definition) is 6. The first-order chi connectivity index (χ1) is 18.7. The molecule has 1 atom stereocenters. The van der Waals surface area contributed by atoms with Crippen molar-refractivity contribution in [2.24, 2.45) is 0 Å². The summed E-state index contributed by atoms with van der Waals surface area (Å²) in [5, 5.41) is 14.7. The van der Waals surface area contributed by atoms with E-state index in [4.69, 9.17) is 28.3 Å². The number of nitrogens with one attached hydrogen (secondary N) is 2.